The highest BCUT2D eigenvalue weighted by atomic mass is 127. The molecule has 3 fully saturated rings. The van der Waals surface area contributed by atoms with E-state index in [0.717, 1.165) is 64.1 Å². The highest BCUT2D eigenvalue weighted by molar-refractivity contribution is 14.0. The van der Waals surface area contributed by atoms with Crippen LogP contribution in [0.2, 0.25) is 0 Å². The van der Waals surface area contributed by atoms with Crippen LogP contribution in [-0.4, -0.2) is 97.4 Å². The summed E-state index contributed by atoms with van der Waals surface area (Å²) >= 11 is 0. The maximum Gasteiger partial charge on any atom is 0.193 e. The smallest absolute Gasteiger partial charge is 0.193 e. The van der Waals surface area contributed by atoms with E-state index in [-0.39, 0.29) is 30.1 Å². The number of hydrogen-bond acceptors (Lipinski definition) is 6. The summed E-state index contributed by atoms with van der Waals surface area (Å²) < 4.78 is 11.0. The number of rotatable bonds is 4. The number of piperazine rings is 1. The molecule has 9 heteroatoms. The van der Waals surface area contributed by atoms with Crippen molar-refractivity contribution >= 4 is 29.9 Å². The molecule has 3 aliphatic heterocycles. The van der Waals surface area contributed by atoms with Crippen molar-refractivity contribution in [1.82, 2.24) is 25.2 Å². The van der Waals surface area contributed by atoms with Gasteiger partial charge < -0.3 is 19.5 Å². The Kier molecular flexibility index (Phi) is 7.74. The topological polar surface area (TPSA) is 69.4 Å². The summed E-state index contributed by atoms with van der Waals surface area (Å²) in [6.45, 7) is 8.78. The quantitative estimate of drug-likeness (QED) is 0.382. The molecule has 8 nitrogen and oxygen atoms in total. The minimum atomic E-state index is 0. The van der Waals surface area contributed by atoms with Crippen molar-refractivity contribution in [1.29, 1.82) is 0 Å². The second-order valence-corrected chi connectivity index (χ2v) is 7.43. The number of nitrogens with one attached hydrogen (secondary N) is 1. The molecule has 2 atom stereocenters. The Bertz CT molecular complexity index is 591. The van der Waals surface area contributed by atoms with Gasteiger partial charge in [-0.1, -0.05) is 5.16 Å². The Hall–Kier alpha value is -0.910. The van der Waals surface area contributed by atoms with Crippen molar-refractivity contribution in [3.8, 4) is 0 Å². The van der Waals surface area contributed by atoms with Gasteiger partial charge in [0.05, 0.1) is 18.4 Å². The number of hydrogen-bond donors (Lipinski definition) is 1. The fourth-order valence-electron chi connectivity index (χ4n) is 4.21. The summed E-state index contributed by atoms with van der Waals surface area (Å²) in [4.78, 5) is 11.8. The molecule has 2 unspecified atom stereocenters. The Morgan fingerprint density at radius 1 is 1.30 bits per heavy atom. The van der Waals surface area contributed by atoms with Crippen molar-refractivity contribution in [3.05, 3.63) is 18.0 Å². The van der Waals surface area contributed by atoms with Crippen LogP contribution in [-0.2, 0) is 11.3 Å². The molecule has 27 heavy (non-hydrogen) atoms. The van der Waals surface area contributed by atoms with Gasteiger partial charge >= 0.3 is 0 Å². The van der Waals surface area contributed by atoms with Gasteiger partial charge in [0.25, 0.3) is 0 Å². The Morgan fingerprint density at radius 3 is 2.89 bits per heavy atom. The van der Waals surface area contributed by atoms with Crippen molar-refractivity contribution in [2.24, 2.45) is 4.99 Å². The molecule has 1 aromatic rings. The normalized spacial score (nSPS) is 27.3. The van der Waals surface area contributed by atoms with Gasteiger partial charge in [0.15, 0.2) is 5.96 Å². The fraction of sp³-hybridized carbons (Fsp3) is 0.778. The largest absolute Gasteiger partial charge is 0.373 e. The molecule has 0 spiro atoms. The van der Waals surface area contributed by atoms with Crippen molar-refractivity contribution in [2.75, 3.05) is 59.5 Å². The zero-order chi connectivity index (χ0) is 17.8. The van der Waals surface area contributed by atoms with Crippen LogP contribution in [0.15, 0.2) is 21.8 Å². The van der Waals surface area contributed by atoms with Gasteiger partial charge in [-0.05, 0) is 19.4 Å². The summed E-state index contributed by atoms with van der Waals surface area (Å²) in [5.41, 5.74) is 0.996. The first kappa shape index (κ1) is 20.8. The van der Waals surface area contributed by atoms with E-state index >= 15 is 0 Å². The van der Waals surface area contributed by atoms with Crippen LogP contribution in [0.3, 0.4) is 0 Å². The van der Waals surface area contributed by atoms with Gasteiger partial charge in [-0.15, -0.1) is 24.0 Å². The molecule has 3 aliphatic rings. The Morgan fingerprint density at radius 2 is 2.15 bits per heavy atom. The summed E-state index contributed by atoms with van der Waals surface area (Å²) in [5.74, 6) is 0.984. The number of nitrogens with zero attached hydrogens (tertiary/aromatic N) is 5. The lowest BCUT2D eigenvalue weighted by molar-refractivity contribution is -0.0455. The average Bonchev–Trinajstić information content (AvgIpc) is 3.34. The van der Waals surface area contributed by atoms with Gasteiger partial charge in [-0.25, -0.2) is 0 Å². The average molecular weight is 490 g/mol. The standard InChI is InChI=1S/C18H30N6O2.HI/c1-19-18(20-11-17-13-24-5-2-3-16(24)14-25-17)23-8-6-22(7-9-23)12-15-4-10-26-21-15;/h4,10,16-17H,2-3,5-9,11-14H2,1H3,(H,19,20);1H. The molecular weight excluding hydrogens is 459 g/mol. The molecule has 3 saturated heterocycles. The van der Waals surface area contributed by atoms with Crippen molar-refractivity contribution in [2.45, 2.75) is 31.5 Å². The first-order valence-electron chi connectivity index (χ1n) is 9.74. The number of ether oxygens (including phenoxy) is 1. The number of aliphatic imine (C=N–C) groups is 1. The minimum absolute atomic E-state index is 0. The molecular formula is C18H31IN6O2. The van der Waals surface area contributed by atoms with E-state index < -0.39 is 0 Å². The van der Waals surface area contributed by atoms with Crippen LogP contribution < -0.4 is 5.32 Å². The SMILES string of the molecule is CN=C(NCC1CN2CCCC2CO1)N1CCN(Cc2ccon2)CC1.I. The van der Waals surface area contributed by atoms with Crippen molar-refractivity contribution in [3.63, 3.8) is 0 Å². The van der Waals surface area contributed by atoms with E-state index in [1.54, 1.807) is 6.26 Å². The van der Waals surface area contributed by atoms with Gasteiger partial charge in [0.2, 0.25) is 0 Å². The fourth-order valence-corrected chi connectivity index (χ4v) is 4.21. The van der Waals surface area contributed by atoms with Gasteiger partial charge in [0, 0.05) is 65.0 Å². The third-order valence-corrected chi connectivity index (χ3v) is 5.71. The second kappa shape index (κ2) is 10.0. The molecule has 1 aromatic heterocycles. The summed E-state index contributed by atoms with van der Waals surface area (Å²) in [7, 11) is 1.86. The van der Waals surface area contributed by atoms with Gasteiger partial charge in [0.1, 0.15) is 6.26 Å². The number of guanidine groups is 1. The molecule has 4 rings (SSSR count). The predicted molar refractivity (Wildman–Crippen MR) is 114 cm³/mol. The monoisotopic (exact) mass is 490 g/mol. The summed E-state index contributed by atoms with van der Waals surface area (Å²) in [6, 6.07) is 2.59. The van der Waals surface area contributed by atoms with E-state index in [4.69, 9.17) is 9.26 Å². The highest BCUT2D eigenvalue weighted by Crippen LogP contribution is 2.22. The number of morpholine rings is 1. The molecule has 1 N–H and O–H groups in total. The van der Waals surface area contributed by atoms with E-state index in [9.17, 15) is 0 Å². The minimum Gasteiger partial charge on any atom is -0.373 e. The van der Waals surface area contributed by atoms with Crippen molar-refractivity contribution < 1.29 is 9.26 Å². The van der Waals surface area contributed by atoms with Crippen LogP contribution in [0.4, 0.5) is 0 Å². The number of aromatic nitrogens is 1. The number of halogens is 1. The molecule has 0 saturated carbocycles. The van der Waals surface area contributed by atoms with E-state index in [1.807, 2.05) is 13.1 Å². The summed E-state index contributed by atoms with van der Waals surface area (Å²) in [6.07, 6.45) is 4.50. The third kappa shape index (κ3) is 5.33. The molecule has 152 valence electrons. The Balaban J connectivity index is 0.00000210. The zero-order valence-corrected chi connectivity index (χ0v) is 18.4. The first-order valence-corrected chi connectivity index (χ1v) is 9.74. The molecule has 0 radical (unpaired) electrons. The molecule has 4 heterocycles. The van der Waals surface area contributed by atoms with E-state index in [1.165, 1.54) is 19.4 Å². The van der Waals surface area contributed by atoms with Gasteiger partial charge in [-0.3, -0.25) is 14.8 Å². The predicted octanol–water partition coefficient (Wildman–Crippen LogP) is 0.849. The van der Waals surface area contributed by atoms with Gasteiger partial charge in [-0.2, -0.15) is 0 Å². The van der Waals surface area contributed by atoms with E-state index in [0.29, 0.717) is 6.04 Å². The molecule has 0 aromatic carbocycles. The lowest BCUT2D eigenvalue weighted by atomic mass is 10.2. The first-order chi connectivity index (χ1) is 12.8. The Labute approximate surface area is 178 Å². The highest BCUT2D eigenvalue weighted by Gasteiger charge is 2.32. The second-order valence-electron chi connectivity index (χ2n) is 7.43. The van der Waals surface area contributed by atoms with E-state index in [2.05, 4.69) is 30.2 Å². The van der Waals surface area contributed by atoms with Crippen LogP contribution in [0.5, 0.6) is 0 Å². The zero-order valence-electron chi connectivity index (χ0n) is 16.0. The maximum atomic E-state index is 6.05. The van der Waals surface area contributed by atoms with Crippen LogP contribution >= 0.6 is 24.0 Å². The third-order valence-electron chi connectivity index (χ3n) is 5.71. The van der Waals surface area contributed by atoms with Crippen LogP contribution in [0.1, 0.15) is 18.5 Å². The van der Waals surface area contributed by atoms with Crippen LogP contribution in [0, 0.1) is 0 Å². The molecule has 0 aliphatic carbocycles. The lowest BCUT2D eigenvalue weighted by Crippen LogP contribution is -2.55. The lowest BCUT2D eigenvalue weighted by Gasteiger charge is -2.38. The molecule has 0 bridgehead atoms. The maximum absolute atomic E-state index is 6.05. The molecule has 0 amide bonds. The van der Waals surface area contributed by atoms with Crippen LogP contribution in [0.25, 0.3) is 0 Å². The summed E-state index contributed by atoms with van der Waals surface area (Å²) in [5, 5.41) is 7.53. The number of fused-ring (bicyclic) bond motifs is 1.